The van der Waals surface area contributed by atoms with E-state index in [1.807, 2.05) is 0 Å². The summed E-state index contributed by atoms with van der Waals surface area (Å²) in [5.74, 6) is 0. The van der Waals surface area contributed by atoms with E-state index in [2.05, 4.69) is 38.3 Å². The van der Waals surface area contributed by atoms with Crippen LogP contribution in [0.2, 0.25) is 0 Å². The minimum absolute atomic E-state index is 0.229. The van der Waals surface area contributed by atoms with Gasteiger partial charge in [0.05, 0.1) is 0 Å². The Morgan fingerprint density at radius 3 is 2.60 bits per heavy atom. The van der Waals surface area contributed by atoms with E-state index in [1.54, 1.807) is 0 Å². The first-order valence-electron chi connectivity index (χ1n) is 8.30. The van der Waals surface area contributed by atoms with Crippen molar-refractivity contribution < 1.29 is 0 Å². The summed E-state index contributed by atoms with van der Waals surface area (Å²) in [6, 6.07) is 2.59. The number of fused-ring (bicyclic) bond motifs is 1. The van der Waals surface area contributed by atoms with Crippen LogP contribution in [0.5, 0.6) is 0 Å². The Balaban J connectivity index is 1.96. The lowest BCUT2D eigenvalue weighted by Crippen LogP contribution is -2.36. The first kappa shape index (κ1) is 14.2. The summed E-state index contributed by atoms with van der Waals surface area (Å²) in [6.07, 6.45) is 7.85. The molecule has 112 valence electrons. The number of aromatic nitrogens is 1. The minimum atomic E-state index is 0.229. The SMILES string of the molecule is CCC1(Cn2c(C)cc3c2CC(C)(C)CC3N)CCC1. The van der Waals surface area contributed by atoms with Gasteiger partial charge in [0.15, 0.2) is 0 Å². The molecule has 2 N–H and O–H groups in total. The highest BCUT2D eigenvalue weighted by Crippen LogP contribution is 2.47. The van der Waals surface area contributed by atoms with Crippen molar-refractivity contribution in [1.82, 2.24) is 4.57 Å². The van der Waals surface area contributed by atoms with Crippen molar-refractivity contribution in [3.05, 3.63) is 23.0 Å². The maximum absolute atomic E-state index is 6.43. The van der Waals surface area contributed by atoms with E-state index in [-0.39, 0.29) is 6.04 Å². The molecule has 1 aromatic heterocycles. The second-order valence-corrected chi connectivity index (χ2v) is 8.13. The van der Waals surface area contributed by atoms with Crippen molar-refractivity contribution in [1.29, 1.82) is 0 Å². The number of nitrogens with two attached hydrogens (primary N) is 1. The lowest BCUT2D eigenvalue weighted by atomic mass is 9.67. The van der Waals surface area contributed by atoms with Crippen LogP contribution >= 0.6 is 0 Å². The number of rotatable bonds is 3. The third kappa shape index (κ3) is 2.22. The van der Waals surface area contributed by atoms with Gasteiger partial charge in [-0.2, -0.15) is 0 Å². The van der Waals surface area contributed by atoms with E-state index < -0.39 is 0 Å². The quantitative estimate of drug-likeness (QED) is 0.873. The fourth-order valence-electron chi connectivity index (χ4n) is 4.36. The van der Waals surface area contributed by atoms with Gasteiger partial charge in [0.2, 0.25) is 0 Å². The first-order valence-corrected chi connectivity index (χ1v) is 8.30. The molecule has 2 heteroatoms. The zero-order valence-corrected chi connectivity index (χ0v) is 13.6. The molecule has 0 bridgehead atoms. The van der Waals surface area contributed by atoms with Crippen molar-refractivity contribution in [2.75, 3.05) is 0 Å². The maximum atomic E-state index is 6.43. The van der Waals surface area contributed by atoms with E-state index in [1.165, 1.54) is 55.6 Å². The number of nitrogens with zero attached hydrogens (tertiary/aromatic N) is 1. The van der Waals surface area contributed by atoms with E-state index in [0.717, 1.165) is 6.42 Å². The fourth-order valence-corrected chi connectivity index (χ4v) is 4.36. The molecule has 20 heavy (non-hydrogen) atoms. The monoisotopic (exact) mass is 274 g/mol. The van der Waals surface area contributed by atoms with E-state index in [9.17, 15) is 0 Å². The highest BCUT2D eigenvalue weighted by atomic mass is 15.0. The summed E-state index contributed by atoms with van der Waals surface area (Å²) in [5.41, 5.74) is 11.7. The van der Waals surface area contributed by atoms with E-state index >= 15 is 0 Å². The summed E-state index contributed by atoms with van der Waals surface area (Å²) in [6.45, 7) is 10.6. The highest BCUT2D eigenvalue weighted by molar-refractivity contribution is 5.34. The van der Waals surface area contributed by atoms with Crippen LogP contribution in [0.15, 0.2) is 6.07 Å². The van der Waals surface area contributed by atoms with Crippen LogP contribution in [0.3, 0.4) is 0 Å². The summed E-state index contributed by atoms with van der Waals surface area (Å²) < 4.78 is 2.61. The van der Waals surface area contributed by atoms with Crippen LogP contribution < -0.4 is 5.73 Å². The molecule has 3 rings (SSSR count). The smallest absolute Gasteiger partial charge is 0.0318 e. The molecule has 0 radical (unpaired) electrons. The number of hydrogen-bond donors (Lipinski definition) is 1. The Morgan fingerprint density at radius 2 is 2.05 bits per heavy atom. The Kier molecular flexibility index (Phi) is 3.28. The third-order valence-electron chi connectivity index (χ3n) is 5.92. The summed E-state index contributed by atoms with van der Waals surface area (Å²) >= 11 is 0. The van der Waals surface area contributed by atoms with Crippen molar-refractivity contribution >= 4 is 0 Å². The molecule has 2 aliphatic rings. The van der Waals surface area contributed by atoms with Gasteiger partial charge in [0.1, 0.15) is 0 Å². The van der Waals surface area contributed by atoms with Crippen molar-refractivity contribution in [2.24, 2.45) is 16.6 Å². The minimum Gasteiger partial charge on any atom is -0.348 e. The molecule has 0 aliphatic heterocycles. The van der Waals surface area contributed by atoms with Crippen LogP contribution in [0.1, 0.15) is 75.9 Å². The summed E-state index contributed by atoms with van der Waals surface area (Å²) in [5, 5.41) is 0. The van der Waals surface area contributed by atoms with Crippen molar-refractivity contribution in [3.8, 4) is 0 Å². The van der Waals surface area contributed by atoms with E-state index in [0.29, 0.717) is 10.8 Å². The Morgan fingerprint density at radius 1 is 1.35 bits per heavy atom. The molecule has 0 amide bonds. The van der Waals surface area contributed by atoms with Crippen LogP contribution in [-0.2, 0) is 13.0 Å². The van der Waals surface area contributed by atoms with Gasteiger partial charge in [-0.05, 0) is 61.5 Å². The summed E-state index contributed by atoms with van der Waals surface area (Å²) in [4.78, 5) is 0. The van der Waals surface area contributed by atoms with Gasteiger partial charge < -0.3 is 10.3 Å². The van der Waals surface area contributed by atoms with Gasteiger partial charge >= 0.3 is 0 Å². The Hall–Kier alpha value is -0.760. The second-order valence-electron chi connectivity index (χ2n) is 8.13. The molecule has 1 heterocycles. The van der Waals surface area contributed by atoms with Gasteiger partial charge in [0, 0.05) is 24.0 Å². The second kappa shape index (κ2) is 4.62. The maximum Gasteiger partial charge on any atom is 0.0318 e. The largest absolute Gasteiger partial charge is 0.348 e. The van der Waals surface area contributed by atoms with Crippen LogP contribution in [0, 0.1) is 17.8 Å². The average molecular weight is 274 g/mol. The standard InChI is InChI=1S/C18H30N2/c1-5-18(7-6-8-18)12-20-13(2)9-14-15(19)10-17(3,4)11-16(14)20/h9,15H,5-8,10-12,19H2,1-4H3. The van der Waals surface area contributed by atoms with Gasteiger partial charge in [-0.25, -0.2) is 0 Å². The lowest BCUT2D eigenvalue weighted by Gasteiger charge is -2.43. The highest BCUT2D eigenvalue weighted by Gasteiger charge is 2.38. The normalized spacial score (nSPS) is 26.9. The molecule has 1 unspecified atom stereocenters. The predicted octanol–water partition coefficient (Wildman–Crippen LogP) is 4.35. The molecule has 0 saturated heterocycles. The van der Waals surface area contributed by atoms with E-state index in [4.69, 9.17) is 5.73 Å². The van der Waals surface area contributed by atoms with Gasteiger partial charge in [-0.3, -0.25) is 0 Å². The number of aryl methyl sites for hydroxylation is 1. The molecule has 0 aromatic carbocycles. The van der Waals surface area contributed by atoms with Gasteiger partial charge in [-0.15, -0.1) is 0 Å². The van der Waals surface area contributed by atoms with Crippen LogP contribution in [0.25, 0.3) is 0 Å². The third-order valence-corrected chi connectivity index (χ3v) is 5.92. The van der Waals surface area contributed by atoms with Gasteiger partial charge in [-0.1, -0.05) is 27.2 Å². The fraction of sp³-hybridized carbons (Fsp3) is 0.778. The van der Waals surface area contributed by atoms with Crippen LogP contribution in [-0.4, -0.2) is 4.57 Å². The first-order chi connectivity index (χ1) is 9.36. The zero-order valence-electron chi connectivity index (χ0n) is 13.6. The van der Waals surface area contributed by atoms with Crippen molar-refractivity contribution in [3.63, 3.8) is 0 Å². The Bertz CT molecular complexity index is 500. The molecule has 2 aliphatic carbocycles. The van der Waals surface area contributed by atoms with Gasteiger partial charge in [0.25, 0.3) is 0 Å². The molecular weight excluding hydrogens is 244 g/mol. The topological polar surface area (TPSA) is 30.9 Å². The van der Waals surface area contributed by atoms with Crippen molar-refractivity contribution in [2.45, 2.75) is 78.8 Å². The molecule has 1 saturated carbocycles. The number of hydrogen-bond acceptors (Lipinski definition) is 1. The molecular formula is C18H30N2. The Labute approximate surface area is 123 Å². The molecule has 2 nitrogen and oxygen atoms in total. The van der Waals surface area contributed by atoms with Crippen LogP contribution in [0.4, 0.5) is 0 Å². The molecule has 1 fully saturated rings. The molecule has 1 atom stereocenters. The molecule has 0 spiro atoms. The molecule has 1 aromatic rings. The lowest BCUT2D eigenvalue weighted by molar-refractivity contribution is 0.0969. The predicted molar refractivity (Wildman–Crippen MR) is 84.8 cm³/mol. The summed E-state index contributed by atoms with van der Waals surface area (Å²) in [7, 11) is 0. The zero-order chi connectivity index (χ0) is 14.5. The average Bonchev–Trinajstić information content (AvgIpc) is 2.60.